The summed E-state index contributed by atoms with van der Waals surface area (Å²) in [5, 5.41) is 3.36. The first-order valence-electron chi connectivity index (χ1n) is 6.36. The van der Waals surface area contributed by atoms with Gasteiger partial charge >= 0.3 is 0 Å². The fourth-order valence-corrected chi connectivity index (χ4v) is 2.39. The van der Waals surface area contributed by atoms with Crippen LogP contribution in [0.2, 0.25) is 0 Å². The lowest BCUT2D eigenvalue weighted by Crippen LogP contribution is -2.51. The zero-order valence-corrected chi connectivity index (χ0v) is 10.8. The van der Waals surface area contributed by atoms with Gasteiger partial charge in [-0.05, 0) is 26.0 Å². The van der Waals surface area contributed by atoms with Gasteiger partial charge in [0.05, 0.1) is 5.54 Å². The normalized spacial score (nSPS) is 18.3. The molecule has 2 aromatic heterocycles. The van der Waals surface area contributed by atoms with Crippen molar-refractivity contribution in [2.75, 3.05) is 26.2 Å². The van der Waals surface area contributed by atoms with E-state index in [1.807, 2.05) is 12.1 Å². The van der Waals surface area contributed by atoms with Gasteiger partial charge in [-0.1, -0.05) is 0 Å². The highest BCUT2D eigenvalue weighted by Gasteiger charge is 2.34. The average Bonchev–Trinajstić information content (AvgIpc) is 2.84. The maximum absolute atomic E-state index is 5.85. The van der Waals surface area contributed by atoms with Crippen LogP contribution in [0.1, 0.15) is 19.7 Å². The first-order valence-corrected chi connectivity index (χ1v) is 6.36. The summed E-state index contributed by atoms with van der Waals surface area (Å²) >= 11 is 0. The molecule has 0 saturated carbocycles. The number of aromatic nitrogens is 2. The Kier molecular flexibility index (Phi) is 2.80. The second-order valence-electron chi connectivity index (χ2n) is 5.14. The van der Waals surface area contributed by atoms with Crippen molar-refractivity contribution in [3.63, 3.8) is 0 Å². The van der Waals surface area contributed by atoms with Crippen LogP contribution in [0.25, 0.3) is 11.2 Å². The van der Waals surface area contributed by atoms with Crippen molar-refractivity contribution in [3.05, 3.63) is 24.2 Å². The Labute approximate surface area is 106 Å². The van der Waals surface area contributed by atoms with Gasteiger partial charge in [0.1, 0.15) is 0 Å². The third-order valence-electron chi connectivity index (χ3n) is 3.60. The molecule has 0 spiro atoms. The summed E-state index contributed by atoms with van der Waals surface area (Å²) in [6.45, 7) is 8.37. The van der Waals surface area contributed by atoms with Crippen LogP contribution in [0.3, 0.4) is 0 Å². The lowest BCUT2D eigenvalue weighted by Gasteiger charge is -2.38. The molecule has 0 amide bonds. The number of piperazine rings is 1. The van der Waals surface area contributed by atoms with Gasteiger partial charge in [-0.25, -0.2) is 4.98 Å². The quantitative estimate of drug-likeness (QED) is 0.867. The zero-order valence-electron chi connectivity index (χ0n) is 10.8. The molecule has 0 aromatic carbocycles. The topological polar surface area (TPSA) is 54.2 Å². The van der Waals surface area contributed by atoms with Crippen molar-refractivity contribution in [1.29, 1.82) is 0 Å². The highest BCUT2D eigenvalue weighted by atomic mass is 16.4. The van der Waals surface area contributed by atoms with E-state index in [1.54, 1.807) is 6.20 Å². The molecule has 1 saturated heterocycles. The lowest BCUT2D eigenvalue weighted by molar-refractivity contribution is 0.0793. The Morgan fingerprint density at radius 1 is 1.33 bits per heavy atom. The molecule has 18 heavy (non-hydrogen) atoms. The minimum Gasteiger partial charge on any atom is -0.437 e. The number of oxazole rings is 1. The SMILES string of the molecule is CC(C)(c1nc2ncccc2o1)N1CCNCC1. The van der Waals surface area contributed by atoms with Crippen molar-refractivity contribution in [1.82, 2.24) is 20.2 Å². The number of nitrogens with one attached hydrogen (secondary N) is 1. The summed E-state index contributed by atoms with van der Waals surface area (Å²) in [7, 11) is 0. The van der Waals surface area contributed by atoms with E-state index in [2.05, 4.69) is 34.0 Å². The summed E-state index contributed by atoms with van der Waals surface area (Å²) in [5.74, 6) is 0.748. The van der Waals surface area contributed by atoms with Crippen molar-refractivity contribution in [2.24, 2.45) is 0 Å². The van der Waals surface area contributed by atoms with Crippen molar-refractivity contribution < 1.29 is 4.42 Å². The number of nitrogens with zero attached hydrogens (tertiary/aromatic N) is 3. The van der Waals surface area contributed by atoms with Crippen molar-refractivity contribution >= 4 is 11.2 Å². The highest BCUT2D eigenvalue weighted by molar-refractivity contribution is 5.67. The summed E-state index contributed by atoms with van der Waals surface area (Å²) < 4.78 is 5.85. The minimum atomic E-state index is -0.192. The van der Waals surface area contributed by atoms with E-state index in [4.69, 9.17) is 4.42 Å². The summed E-state index contributed by atoms with van der Waals surface area (Å²) in [4.78, 5) is 11.1. The van der Waals surface area contributed by atoms with Gasteiger partial charge in [0.15, 0.2) is 11.2 Å². The van der Waals surface area contributed by atoms with Gasteiger partial charge in [0, 0.05) is 32.4 Å². The Hall–Kier alpha value is -1.46. The second-order valence-corrected chi connectivity index (χ2v) is 5.14. The van der Waals surface area contributed by atoms with Gasteiger partial charge in [0.25, 0.3) is 0 Å². The van der Waals surface area contributed by atoms with Crippen LogP contribution < -0.4 is 5.32 Å². The molecule has 5 nitrogen and oxygen atoms in total. The summed E-state index contributed by atoms with van der Waals surface area (Å²) in [6, 6.07) is 3.78. The van der Waals surface area contributed by atoms with Crippen molar-refractivity contribution in [3.8, 4) is 0 Å². The van der Waals surface area contributed by atoms with Crippen LogP contribution in [0.4, 0.5) is 0 Å². The molecular weight excluding hydrogens is 228 g/mol. The Morgan fingerprint density at radius 3 is 2.83 bits per heavy atom. The van der Waals surface area contributed by atoms with E-state index in [9.17, 15) is 0 Å². The minimum absolute atomic E-state index is 0.192. The predicted octanol–water partition coefficient (Wildman–Crippen LogP) is 1.36. The van der Waals surface area contributed by atoms with Gasteiger partial charge in [-0.15, -0.1) is 0 Å². The third-order valence-corrected chi connectivity index (χ3v) is 3.60. The molecule has 1 aliphatic rings. The fourth-order valence-electron chi connectivity index (χ4n) is 2.39. The number of hydrogen-bond donors (Lipinski definition) is 1. The molecule has 5 heteroatoms. The molecule has 0 unspecified atom stereocenters. The van der Waals surface area contributed by atoms with E-state index < -0.39 is 0 Å². The molecule has 1 aliphatic heterocycles. The first-order chi connectivity index (χ1) is 8.68. The fraction of sp³-hybridized carbons (Fsp3) is 0.538. The van der Waals surface area contributed by atoms with E-state index in [0.29, 0.717) is 5.65 Å². The van der Waals surface area contributed by atoms with E-state index >= 15 is 0 Å². The van der Waals surface area contributed by atoms with Gasteiger partial charge in [0.2, 0.25) is 5.89 Å². The van der Waals surface area contributed by atoms with Crippen LogP contribution >= 0.6 is 0 Å². The number of hydrogen-bond acceptors (Lipinski definition) is 5. The predicted molar refractivity (Wildman–Crippen MR) is 69.3 cm³/mol. The largest absolute Gasteiger partial charge is 0.437 e. The lowest BCUT2D eigenvalue weighted by atomic mass is 10.0. The summed E-state index contributed by atoms with van der Waals surface area (Å²) in [5.41, 5.74) is 1.26. The molecule has 96 valence electrons. The van der Waals surface area contributed by atoms with Crippen LogP contribution in [0.15, 0.2) is 22.7 Å². The van der Waals surface area contributed by atoms with Gasteiger partial charge in [-0.2, -0.15) is 4.98 Å². The number of pyridine rings is 1. The van der Waals surface area contributed by atoms with Crippen molar-refractivity contribution in [2.45, 2.75) is 19.4 Å². The molecule has 0 bridgehead atoms. The maximum atomic E-state index is 5.85. The standard InChI is InChI=1S/C13H18N4O/c1-13(2,17-8-6-14-7-9-17)12-16-11-10(18-12)4-3-5-15-11/h3-5,14H,6-9H2,1-2H3. The third kappa shape index (κ3) is 1.89. The van der Waals surface area contributed by atoms with Crippen LogP contribution in [0.5, 0.6) is 0 Å². The monoisotopic (exact) mass is 246 g/mol. The number of rotatable bonds is 2. The first kappa shape index (κ1) is 11.6. The Bertz CT molecular complexity index is 510. The Balaban J connectivity index is 1.96. The van der Waals surface area contributed by atoms with E-state index in [1.165, 1.54) is 0 Å². The molecule has 0 aliphatic carbocycles. The van der Waals surface area contributed by atoms with E-state index in [-0.39, 0.29) is 5.54 Å². The van der Waals surface area contributed by atoms with Gasteiger partial charge < -0.3 is 9.73 Å². The molecule has 3 rings (SSSR count). The van der Waals surface area contributed by atoms with Crippen LogP contribution in [0, 0.1) is 0 Å². The Morgan fingerprint density at radius 2 is 2.11 bits per heavy atom. The zero-order chi connectivity index (χ0) is 12.6. The molecule has 2 aromatic rings. The van der Waals surface area contributed by atoms with Crippen LogP contribution in [-0.2, 0) is 5.54 Å². The molecule has 0 radical (unpaired) electrons. The molecule has 1 N–H and O–H groups in total. The number of fused-ring (bicyclic) bond motifs is 1. The van der Waals surface area contributed by atoms with Crippen LogP contribution in [-0.4, -0.2) is 41.0 Å². The molecule has 0 atom stereocenters. The maximum Gasteiger partial charge on any atom is 0.217 e. The van der Waals surface area contributed by atoms with E-state index in [0.717, 1.165) is 37.7 Å². The smallest absolute Gasteiger partial charge is 0.217 e. The molecular formula is C13H18N4O. The second kappa shape index (κ2) is 4.33. The highest BCUT2D eigenvalue weighted by Crippen LogP contribution is 2.29. The average molecular weight is 246 g/mol. The summed E-state index contributed by atoms with van der Waals surface area (Å²) in [6.07, 6.45) is 1.74. The molecule has 1 fully saturated rings. The molecule has 3 heterocycles. The van der Waals surface area contributed by atoms with Gasteiger partial charge in [-0.3, -0.25) is 4.90 Å².